The van der Waals surface area contributed by atoms with Gasteiger partial charge >= 0.3 is 5.97 Å². The van der Waals surface area contributed by atoms with Gasteiger partial charge in [0.25, 0.3) is 0 Å². The zero-order valence-corrected chi connectivity index (χ0v) is 15.2. The molecule has 1 heterocycles. The summed E-state index contributed by atoms with van der Waals surface area (Å²) in [6.45, 7) is 4.22. The Bertz CT molecular complexity index is 658. The first-order valence-electron chi connectivity index (χ1n) is 8.64. The Labute approximate surface area is 157 Å². The SMILES string of the molecule is C=C(CCCCCNC(=O)CCC(=NCc1ccc(O)cn1)ON)C(=O)O. The summed E-state index contributed by atoms with van der Waals surface area (Å²) in [7, 11) is 0. The van der Waals surface area contributed by atoms with Crippen molar-refractivity contribution in [3.63, 3.8) is 0 Å². The number of unbranched alkanes of at least 4 members (excludes halogenated alkanes) is 2. The van der Waals surface area contributed by atoms with Crippen molar-refractivity contribution >= 4 is 17.8 Å². The van der Waals surface area contributed by atoms with Crippen molar-refractivity contribution in [2.24, 2.45) is 10.9 Å². The molecule has 5 N–H and O–H groups in total. The molecule has 1 rings (SSSR count). The predicted octanol–water partition coefficient (Wildman–Crippen LogP) is 1.67. The number of hydrogen-bond donors (Lipinski definition) is 4. The van der Waals surface area contributed by atoms with Crippen LogP contribution in [0.5, 0.6) is 5.75 Å². The van der Waals surface area contributed by atoms with Gasteiger partial charge < -0.3 is 20.4 Å². The van der Waals surface area contributed by atoms with Crippen LogP contribution in [0.3, 0.4) is 0 Å². The number of nitrogens with one attached hydrogen (secondary N) is 1. The van der Waals surface area contributed by atoms with Crippen molar-refractivity contribution in [1.82, 2.24) is 10.3 Å². The van der Waals surface area contributed by atoms with E-state index in [1.165, 1.54) is 12.3 Å². The molecule has 27 heavy (non-hydrogen) atoms. The zero-order chi connectivity index (χ0) is 20.1. The molecule has 0 bridgehead atoms. The third-order valence-electron chi connectivity index (χ3n) is 3.71. The van der Waals surface area contributed by atoms with E-state index in [1.54, 1.807) is 6.07 Å². The highest BCUT2D eigenvalue weighted by Crippen LogP contribution is 2.08. The zero-order valence-electron chi connectivity index (χ0n) is 15.2. The van der Waals surface area contributed by atoms with Gasteiger partial charge in [0.2, 0.25) is 11.8 Å². The van der Waals surface area contributed by atoms with Crippen LogP contribution in [-0.4, -0.2) is 39.5 Å². The van der Waals surface area contributed by atoms with Crippen LogP contribution in [-0.2, 0) is 21.0 Å². The van der Waals surface area contributed by atoms with E-state index in [4.69, 9.17) is 11.0 Å². The lowest BCUT2D eigenvalue weighted by Gasteiger charge is -2.07. The van der Waals surface area contributed by atoms with E-state index in [1.807, 2.05) is 0 Å². The topological polar surface area (TPSA) is 147 Å². The van der Waals surface area contributed by atoms with Gasteiger partial charge in [0.1, 0.15) is 5.75 Å². The summed E-state index contributed by atoms with van der Waals surface area (Å²) < 4.78 is 0. The number of pyridine rings is 1. The van der Waals surface area contributed by atoms with Gasteiger partial charge in [-0.05, 0) is 31.4 Å². The van der Waals surface area contributed by atoms with Gasteiger partial charge in [0.05, 0.1) is 18.4 Å². The lowest BCUT2D eigenvalue weighted by Crippen LogP contribution is -2.25. The molecule has 0 saturated carbocycles. The highest BCUT2D eigenvalue weighted by molar-refractivity contribution is 5.85. The number of rotatable bonds is 12. The Hall–Kier alpha value is -2.94. The van der Waals surface area contributed by atoms with Crippen LogP contribution in [0.15, 0.2) is 35.5 Å². The molecule has 148 valence electrons. The number of aromatic hydroxyl groups is 1. The highest BCUT2D eigenvalue weighted by Gasteiger charge is 2.07. The maximum Gasteiger partial charge on any atom is 0.330 e. The van der Waals surface area contributed by atoms with Crippen molar-refractivity contribution in [1.29, 1.82) is 0 Å². The second-order valence-corrected chi connectivity index (χ2v) is 5.90. The molecule has 1 aromatic rings. The summed E-state index contributed by atoms with van der Waals surface area (Å²) in [5, 5.41) is 20.7. The van der Waals surface area contributed by atoms with Crippen molar-refractivity contribution in [3.8, 4) is 5.75 Å². The van der Waals surface area contributed by atoms with Crippen molar-refractivity contribution < 1.29 is 24.6 Å². The summed E-state index contributed by atoms with van der Waals surface area (Å²) in [6, 6.07) is 3.14. The third kappa shape index (κ3) is 9.95. The van der Waals surface area contributed by atoms with E-state index < -0.39 is 5.97 Å². The van der Waals surface area contributed by atoms with E-state index in [0.717, 1.165) is 19.3 Å². The van der Waals surface area contributed by atoms with Crippen molar-refractivity contribution in [2.75, 3.05) is 6.54 Å². The Kier molecular flexibility index (Phi) is 10.2. The number of aromatic nitrogens is 1. The number of carboxylic acids is 1. The normalized spacial score (nSPS) is 11.1. The van der Waals surface area contributed by atoms with Gasteiger partial charge in [-0.25, -0.2) is 9.79 Å². The molecular weight excluding hydrogens is 352 g/mol. The van der Waals surface area contributed by atoms with Crippen LogP contribution >= 0.6 is 0 Å². The summed E-state index contributed by atoms with van der Waals surface area (Å²) in [5.41, 5.74) is 0.840. The molecule has 0 atom stereocenters. The molecule has 0 aliphatic carbocycles. The molecule has 0 aliphatic heterocycles. The Morgan fingerprint density at radius 1 is 1.22 bits per heavy atom. The molecule has 0 aromatic carbocycles. The second kappa shape index (κ2) is 12.4. The molecule has 0 radical (unpaired) electrons. The Balaban J connectivity index is 2.19. The first-order valence-corrected chi connectivity index (χ1v) is 8.64. The number of aliphatic carboxylic acids is 1. The average Bonchev–Trinajstić information content (AvgIpc) is 2.65. The molecular formula is C18H26N4O5. The Morgan fingerprint density at radius 3 is 2.63 bits per heavy atom. The van der Waals surface area contributed by atoms with Gasteiger partial charge in [0.15, 0.2) is 0 Å². The average molecular weight is 378 g/mol. The minimum absolute atomic E-state index is 0.0708. The molecule has 0 unspecified atom stereocenters. The summed E-state index contributed by atoms with van der Waals surface area (Å²) in [6.07, 6.45) is 4.52. The number of carbonyl (C=O) groups is 2. The lowest BCUT2D eigenvalue weighted by atomic mass is 10.1. The minimum atomic E-state index is -0.968. The quantitative estimate of drug-likeness (QED) is 0.142. The van der Waals surface area contributed by atoms with Crippen LogP contribution in [0, 0.1) is 0 Å². The number of nitrogens with zero attached hydrogens (tertiary/aromatic N) is 2. The van der Waals surface area contributed by atoms with Gasteiger partial charge in [-0.3, -0.25) is 9.78 Å². The maximum absolute atomic E-state index is 11.8. The first-order chi connectivity index (χ1) is 12.9. The first kappa shape index (κ1) is 22.1. The second-order valence-electron chi connectivity index (χ2n) is 5.90. The predicted molar refractivity (Wildman–Crippen MR) is 99.8 cm³/mol. The molecule has 0 saturated heterocycles. The number of carbonyl (C=O) groups excluding carboxylic acids is 1. The van der Waals surface area contributed by atoms with Crippen LogP contribution < -0.4 is 11.2 Å². The summed E-state index contributed by atoms with van der Waals surface area (Å²) in [5.74, 6) is 4.38. The number of aliphatic imine (C=N–C) groups is 1. The van der Waals surface area contributed by atoms with Crippen LogP contribution in [0.4, 0.5) is 0 Å². The van der Waals surface area contributed by atoms with Gasteiger partial charge in [-0.15, -0.1) is 0 Å². The minimum Gasteiger partial charge on any atom is -0.506 e. The van der Waals surface area contributed by atoms with Crippen LogP contribution in [0.2, 0.25) is 0 Å². The van der Waals surface area contributed by atoms with E-state index in [0.29, 0.717) is 18.7 Å². The fraction of sp³-hybridized carbons (Fsp3) is 0.444. The molecule has 0 fully saturated rings. The molecule has 0 aliphatic rings. The summed E-state index contributed by atoms with van der Waals surface area (Å²) in [4.78, 5) is 35.2. The standard InChI is InChI=1S/C18H26N4O5/c1-13(18(25)26)5-3-2-4-10-20-16(24)8-9-17(27-19)22-11-14-6-7-15(23)12-21-14/h6-7,12,23H,1-5,8-11,19H2,(H,20,24)(H,25,26). The molecule has 0 spiro atoms. The third-order valence-corrected chi connectivity index (χ3v) is 3.71. The lowest BCUT2D eigenvalue weighted by molar-refractivity contribution is -0.132. The maximum atomic E-state index is 11.8. The molecule has 1 aromatic heterocycles. The van der Waals surface area contributed by atoms with Gasteiger partial charge in [-0.1, -0.05) is 13.0 Å². The number of nitrogens with two attached hydrogens (primary N) is 1. The highest BCUT2D eigenvalue weighted by atomic mass is 16.6. The fourth-order valence-electron chi connectivity index (χ4n) is 2.14. The number of amides is 1. The van der Waals surface area contributed by atoms with Crippen LogP contribution in [0.1, 0.15) is 44.2 Å². The largest absolute Gasteiger partial charge is 0.506 e. The number of carboxylic acid groups (broad SMARTS) is 1. The van der Waals surface area contributed by atoms with E-state index in [2.05, 4.69) is 26.7 Å². The van der Waals surface area contributed by atoms with Gasteiger partial charge in [-0.2, -0.15) is 5.90 Å². The monoisotopic (exact) mass is 378 g/mol. The number of hydrogen-bond acceptors (Lipinski definition) is 7. The van der Waals surface area contributed by atoms with E-state index in [-0.39, 0.29) is 42.5 Å². The molecule has 9 nitrogen and oxygen atoms in total. The van der Waals surface area contributed by atoms with E-state index >= 15 is 0 Å². The summed E-state index contributed by atoms with van der Waals surface area (Å²) >= 11 is 0. The molecule has 9 heteroatoms. The van der Waals surface area contributed by atoms with Crippen LogP contribution in [0.25, 0.3) is 0 Å². The Morgan fingerprint density at radius 2 is 2.00 bits per heavy atom. The van der Waals surface area contributed by atoms with Crippen molar-refractivity contribution in [2.45, 2.75) is 45.1 Å². The fourth-order valence-corrected chi connectivity index (χ4v) is 2.14. The smallest absolute Gasteiger partial charge is 0.330 e. The van der Waals surface area contributed by atoms with Crippen molar-refractivity contribution in [3.05, 3.63) is 36.2 Å². The van der Waals surface area contributed by atoms with E-state index in [9.17, 15) is 14.7 Å². The van der Waals surface area contributed by atoms with Gasteiger partial charge in [0, 0.05) is 25.0 Å². The molecule has 1 amide bonds.